The van der Waals surface area contributed by atoms with E-state index in [0.29, 0.717) is 11.1 Å². The second kappa shape index (κ2) is 2.58. The molecule has 0 unspecified atom stereocenters. The van der Waals surface area contributed by atoms with Gasteiger partial charge in [-0.3, -0.25) is 4.79 Å². The molecule has 0 bridgehead atoms. The number of H-pyrrole nitrogens is 1. The number of halogens is 1. The number of pyridine rings is 1. The first-order chi connectivity index (χ1) is 6.18. The van der Waals surface area contributed by atoms with E-state index < -0.39 is 5.82 Å². The number of aromatic amines is 1. The molecule has 2 aromatic rings. The summed E-state index contributed by atoms with van der Waals surface area (Å²) in [7, 11) is 0. The molecule has 1 aromatic carbocycles. The van der Waals surface area contributed by atoms with Crippen LogP contribution in [0.15, 0.2) is 29.2 Å². The van der Waals surface area contributed by atoms with Crippen LogP contribution < -0.4 is 11.3 Å². The van der Waals surface area contributed by atoms with Crippen molar-refractivity contribution in [3.63, 3.8) is 0 Å². The minimum Gasteiger partial charge on any atom is -0.397 e. The van der Waals surface area contributed by atoms with Gasteiger partial charge in [0, 0.05) is 11.6 Å². The number of anilines is 1. The van der Waals surface area contributed by atoms with E-state index in [1.807, 2.05) is 0 Å². The Balaban J connectivity index is 3.01. The highest BCUT2D eigenvalue weighted by atomic mass is 19.1. The predicted molar refractivity (Wildman–Crippen MR) is 48.9 cm³/mol. The average molecular weight is 178 g/mol. The standard InChI is InChI=1S/C9H7FN2O/c10-5-1-2-6-7(3-5)9(13)12-4-8(6)11/h1-4H,11H2,(H,12,13). The fourth-order valence-corrected chi connectivity index (χ4v) is 1.25. The van der Waals surface area contributed by atoms with Gasteiger partial charge in [0.25, 0.3) is 5.56 Å². The van der Waals surface area contributed by atoms with Crippen molar-refractivity contribution in [1.29, 1.82) is 0 Å². The maximum atomic E-state index is 12.8. The van der Waals surface area contributed by atoms with Crippen molar-refractivity contribution in [2.24, 2.45) is 0 Å². The second-order valence-corrected chi connectivity index (χ2v) is 2.76. The highest BCUT2D eigenvalue weighted by Gasteiger charge is 2.02. The van der Waals surface area contributed by atoms with Gasteiger partial charge in [-0.25, -0.2) is 4.39 Å². The van der Waals surface area contributed by atoms with Crippen molar-refractivity contribution in [3.05, 3.63) is 40.6 Å². The largest absolute Gasteiger partial charge is 0.397 e. The molecule has 1 aromatic heterocycles. The number of hydrogen-bond acceptors (Lipinski definition) is 2. The summed E-state index contributed by atoms with van der Waals surface area (Å²) < 4.78 is 12.8. The third kappa shape index (κ3) is 1.16. The summed E-state index contributed by atoms with van der Waals surface area (Å²) >= 11 is 0. The number of aromatic nitrogens is 1. The molecule has 4 heteroatoms. The predicted octanol–water partition coefficient (Wildman–Crippen LogP) is 1.25. The van der Waals surface area contributed by atoms with Crippen molar-refractivity contribution in [2.75, 3.05) is 5.73 Å². The molecule has 0 aliphatic rings. The Morgan fingerprint density at radius 3 is 2.85 bits per heavy atom. The fraction of sp³-hybridized carbons (Fsp3) is 0. The minimum atomic E-state index is -0.441. The summed E-state index contributed by atoms with van der Waals surface area (Å²) in [5, 5.41) is 0.852. The van der Waals surface area contributed by atoms with E-state index in [1.165, 1.54) is 24.4 Å². The lowest BCUT2D eigenvalue weighted by molar-refractivity contribution is 0.629. The van der Waals surface area contributed by atoms with E-state index in [1.54, 1.807) is 0 Å². The van der Waals surface area contributed by atoms with Crippen LogP contribution in [0.4, 0.5) is 10.1 Å². The van der Waals surface area contributed by atoms with Gasteiger partial charge in [0.15, 0.2) is 0 Å². The van der Waals surface area contributed by atoms with Crippen LogP contribution in [-0.4, -0.2) is 4.98 Å². The molecule has 0 fully saturated rings. The molecule has 0 saturated heterocycles. The first-order valence-corrected chi connectivity index (χ1v) is 3.75. The van der Waals surface area contributed by atoms with Gasteiger partial charge < -0.3 is 10.7 Å². The van der Waals surface area contributed by atoms with E-state index >= 15 is 0 Å². The number of nitrogens with two attached hydrogens (primary N) is 1. The van der Waals surface area contributed by atoms with Crippen LogP contribution in [-0.2, 0) is 0 Å². The quantitative estimate of drug-likeness (QED) is 0.637. The van der Waals surface area contributed by atoms with Gasteiger partial charge in [-0.05, 0) is 18.2 Å². The number of benzene rings is 1. The average Bonchev–Trinajstić information content (AvgIpc) is 2.12. The molecule has 0 amide bonds. The zero-order valence-corrected chi connectivity index (χ0v) is 6.67. The van der Waals surface area contributed by atoms with Crippen LogP contribution in [0.25, 0.3) is 10.8 Å². The lowest BCUT2D eigenvalue weighted by atomic mass is 10.1. The molecule has 66 valence electrons. The van der Waals surface area contributed by atoms with Gasteiger partial charge in [-0.1, -0.05) is 0 Å². The molecular formula is C9H7FN2O. The van der Waals surface area contributed by atoms with Crippen molar-refractivity contribution < 1.29 is 4.39 Å². The van der Waals surface area contributed by atoms with Crippen LogP contribution in [0.3, 0.4) is 0 Å². The zero-order valence-electron chi connectivity index (χ0n) is 6.67. The normalized spacial score (nSPS) is 10.5. The van der Waals surface area contributed by atoms with E-state index in [9.17, 15) is 9.18 Å². The highest BCUT2D eigenvalue weighted by molar-refractivity contribution is 5.91. The SMILES string of the molecule is Nc1c[nH]c(=O)c2cc(F)ccc12. The van der Waals surface area contributed by atoms with Gasteiger partial charge in [-0.15, -0.1) is 0 Å². The van der Waals surface area contributed by atoms with Crippen molar-refractivity contribution >= 4 is 16.5 Å². The molecule has 0 radical (unpaired) electrons. The summed E-state index contributed by atoms with van der Waals surface area (Å²) in [5.41, 5.74) is 5.69. The maximum Gasteiger partial charge on any atom is 0.256 e. The number of nitrogen functional groups attached to an aromatic ring is 1. The lowest BCUT2D eigenvalue weighted by Gasteiger charge is -1.99. The number of rotatable bonds is 0. The van der Waals surface area contributed by atoms with E-state index in [0.717, 1.165) is 0 Å². The molecular weight excluding hydrogens is 171 g/mol. The molecule has 0 saturated carbocycles. The Kier molecular flexibility index (Phi) is 1.55. The fourth-order valence-electron chi connectivity index (χ4n) is 1.25. The number of nitrogens with one attached hydrogen (secondary N) is 1. The second-order valence-electron chi connectivity index (χ2n) is 2.76. The molecule has 3 N–H and O–H groups in total. The molecule has 0 spiro atoms. The molecule has 2 rings (SSSR count). The topological polar surface area (TPSA) is 58.9 Å². The molecule has 0 atom stereocenters. The van der Waals surface area contributed by atoms with Crippen molar-refractivity contribution in [2.45, 2.75) is 0 Å². The first kappa shape index (κ1) is 7.79. The van der Waals surface area contributed by atoms with E-state index in [2.05, 4.69) is 4.98 Å². The van der Waals surface area contributed by atoms with Crippen LogP contribution in [0.2, 0.25) is 0 Å². The summed E-state index contributed by atoms with van der Waals surface area (Å²) in [6.07, 6.45) is 1.41. The zero-order chi connectivity index (χ0) is 9.42. The van der Waals surface area contributed by atoms with Gasteiger partial charge in [0.2, 0.25) is 0 Å². The summed E-state index contributed by atoms with van der Waals surface area (Å²) in [5.74, 6) is -0.441. The third-order valence-electron chi connectivity index (χ3n) is 1.90. The van der Waals surface area contributed by atoms with Gasteiger partial charge in [0.05, 0.1) is 11.1 Å². The third-order valence-corrected chi connectivity index (χ3v) is 1.90. The maximum absolute atomic E-state index is 12.8. The van der Waals surface area contributed by atoms with Gasteiger partial charge in [0.1, 0.15) is 5.82 Å². The Labute approximate surface area is 73.0 Å². The van der Waals surface area contributed by atoms with Crippen LogP contribution >= 0.6 is 0 Å². The first-order valence-electron chi connectivity index (χ1n) is 3.75. The number of fused-ring (bicyclic) bond motifs is 1. The smallest absolute Gasteiger partial charge is 0.256 e. The summed E-state index contributed by atoms with van der Waals surface area (Å²) in [4.78, 5) is 13.6. The lowest BCUT2D eigenvalue weighted by Crippen LogP contribution is -2.07. The molecule has 0 aliphatic heterocycles. The van der Waals surface area contributed by atoms with Gasteiger partial charge >= 0.3 is 0 Å². The Hall–Kier alpha value is -1.84. The molecule has 3 nitrogen and oxygen atoms in total. The Morgan fingerprint density at radius 1 is 1.31 bits per heavy atom. The molecule has 1 heterocycles. The summed E-state index contributed by atoms with van der Waals surface area (Å²) in [6, 6.07) is 3.94. The van der Waals surface area contributed by atoms with Crippen LogP contribution in [0.5, 0.6) is 0 Å². The number of hydrogen-bond donors (Lipinski definition) is 2. The van der Waals surface area contributed by atoms with Crippen molar-refractivity contribution in [3.8, 4) is 0 Å². The molecule has 0 aliphatic carbocycles. The molecule has 13 heavy (non-hydrogen) atoms. The van der Waals surface area contributed by atoms with Crippen molar-refractivity contribution in [1.82, 2.24) is 4.98 Å². The minimum absolute atomic E-state index is 0.278. The van der Waals surface area contributed by atoms with Crippen LogP contribution in [0.1, 0.15) is 0 Å². The summed E-state index contributed by atoms with van der Waals surface area (Å²) in [6.45, 7) is 0. The van der Waals surface area contributed by atoms with Gasteiger partial charge in [-0.2, -0.15) is 0 Å². The van der Waals surface area contributed by atoms with E-state index in [-0.39, 0.29) is 10.9 Å². The Morgan fingerprint density at radius 2 is 2.08 bits per heavy atom. The Bertz CT molecular complexity index is 518. The van der Waals surface area contributed by atoms with Crippen LogP contribution in [0, 0.1) is 5.82 Å². The highest BCUT2D eigenvalue weighted by Crippen LogP contribution is 2.16. The monoisotopic (exact) mass is 178 g/mol. The van der Waals surface area contributed by atoms with E-state index in [4.69, 9.17) is 5.73 Å².